The fourth-order valence-corrected chi connectivity index (χ4v) is 2.85. The van der Waals surface area contributed by atoms with Crippen molar-refractivity contribution < 1.29 is 14.3 Å². The van der Waals surface area contributed by atoms with Crippen LogP contribution < -0.4 is 0 Å². The van der Waals surface area contributed by atoms with E-state index in [0.29, 0.717) is 18.4 Å². The molecule has 4 nitrogen and oxygen atoms in total. The highest BCUT2D eigenvalue weighted by Gasteiger charge is 2.36. The third-order valence-electron chi connectivity index (χ3n) is 3.99. The molecule has 1 atom stereocenters. The predicted molar refractivity (Wildman–Crippen MR) is 69.5 cm³/mol. The minimum Gasteiger partial charge on any atom is -0.434 e. The van der Waals surface area contributed by atoms with Gasteiger partial charge in [-0.3, -0.25) is 4.90 Å². The number of hydrogen-bond donors (Lipinski definition) is 0. The minimum atomic E-state index is -0.475. The second-order valence-electron chi connectivity index (χ2n) is 5.93. The fraction of sp³-hybridized carbons (Fsp3) is 0.929. The second kappa shape index (κ2) is 6.41. The molecular formula is C14H25NO3. The Hall–Kier alpha value is -0.770. The van der Waals surface area contributed by atoms with Gasteiger partial charge in [-0.1, -0.05) is 13.8 Å². The van der Waals surface area contributed by atoms with Gasteiger partial charge in [0.1, 0.15) is 6.10 Å². The molecule has 3 rings (SSSR count). The largest absolute Gasteiger partial charge is 0.508 e. The van der Waals surface area contributed by atoms with Crippen molar-refractivity contribution in [2.24, 2.45) is 11.8 Å². The maximum absolute atomic E-state index is 11.6. The zero-order chi connectivity index (χ0) is 13.0. The van der Waals surface area contributed by atoms with Crippen molar-refractivity contribution in [3.8, 4) is 0 Å². The molecule has 0 N–H and O–H groups in total. The molecule has 0 saturated carbocycles. The van der Waals surface area contributed by atoms with Crippen LogP contribution in [0.3, 0.4) is 0 Å². The van der Waals surface area contributed by atoms with Gasteiger partial charge < -0.3 is 9.47 Å². The van der Waals surface area contributed by atoms with Gasteiger partial charge in [-0.2, -0.15) is 0 Å². The van der Waals surface area contributed by atoms with Gasteiger partial charge in [0.05, 0.1) is 6.61 Å². The molecule has 18 heavy (non-hydrogen) atoms. The lowest BCUT2D eigenvalue weighted by molar-refractivity contribution is -0.0585. The van der Waals surface area contributed by atoms with Crippen molar-refractivity contribution in [3.05, 3.63) is 0 Å². The van der Waals surface area contributed by atoms with E-state index in [1.165, 1.54) is 0 Å². The summed E-state index contributed by atoms with van der Waals surface area (Å²) in [7, 11) is 0. The van der Waals surface area contributed by atoms with E-state index in [1.807, 2.05) is 0 Å². The van der Waals surface area contributed by atoms with Crippen molar-refractivity contribution in [2.75, 3.05) is 26.2 Å². The molecule has 4 heteroatoms. The number of hydrogen-bond acceptors (Lipinski definition) is 4. The third kappa shape index (κ3) is 3.87. The Morgan fingerprint density at radius 1 is 1.33 bits per heavy atom. The Balaban J connectivity index is 1.62. The highest BCUT2D eigenvalue weighted by Crippen LogP contribution is 2.29. The highest BCUT2D eigenvalue weighted by atomic mass is 16.7. The Kier molecular flexibility index (Phi) is 4.87. The average Bonchev–Trinajstić information content (AvgIpc) is 2.36. The van der Waals surface area contributed by atoms with Crippen LogP contribution in [0.5, 0.6) is 0 Å². The molecule has 3 aliphatic rings. The topological polar surface area (TPSA) is 38.8 Å². The summed E-state index contributed by atoms with van der Waals surface area (Å²) in [5, 5.41) is 0. The van der Waals surface area contributed by atoms with Crippen molar-refractivity contribution in [2.45, 2.75) is 45.6 Å². The first-order valence-electron chi connectivity index (χ1n) is 7.21. The molecule has 0 aliphatic carbocycles. The lowest BCUT2D eigenvalue weighted by atomic mass is 9.86. The van der Waals surface area contributed by atoms with E-state index in [9.17, 15) is 4.79 Å². The van der Waals surface area contributed by atoms with Crippen LogP contribution >= 0.6 is 0 Å². The summed E-state index contributed by atoms with van der Waals surface area (Å²) in [4.78, 5) is 13.9. The molecule has 3 heterocycles. The number of carbonyl (C=O) groups excluding carboxylic acids is 1. The van der Waals surface area contributed by atoms with Crippen LogP contribution in [-0.2, 0) is 9.47 Å². The summed E-state index contributed by atoms with van der Waals surface area (Å²) >= 11 is 0. The van der Waals surface area contributed by atoms with E-state index in [4.69, 9.17) is 9.47 Å². The van der Waals surface area contributed by atoms with Crippen LogP contribution in [0.4, 0.5) is 4.79 Å². The second-order valence-corrected chi connectivity index (χ2v) is 5.93. The Morgan fingerprint density at radius 2 is 2.06 bits per heavy atom. The van der Waals surface area contributed by atoms with Crippen LogP contribution in [0, 0.1) is 11.8 Å². The first-order valence-corrected chi connectivity index (χ1v) is 7.21. The van der Waals surface area contributed by atoms with Crippen molar-refractivity contribution in [1.29, 1.82) is 0 Å². The predicted octanol–water partition coefficient (Wildman–Crippen LogP) is 2.67. The van der Waals surface area contributed by atoms with E-state index >= 15 is 0 Å². The molecule has 104 valence electrons. The zero-order valence-corrected chi connectivity index (χ0v) is 11.6. The van der Waals surface area contributed by atoms with E-state index in [2.05, 4.69) is 18.7 Å². The fourth-order valence-electron chi connectivity index (χ4n) is 2.85. The first-order chi connectivity index (χ1) is 8.65. The summed E-state index contributed by atoms with van der Waals surface area (Å²) in [6.07, 6.45) is 3.92. The molecule has 3 saturated heterocycles. The smallest absolute Gasteiger partial charge is 0.434 e. The van der Waals surface area contributed by atoms with Gasteiger partial charge in [-0.15, -0.1) is 0 Å². The van der Waals surface area contributed by atoms with Crippen LogP contribution in [0.2, 0.25) is 0 Å². The number of carbonyl (C=O) groups is 1. The molecule has 0 aromatic heterocycles. The normalized spacial score (nSPS) is 30.5. The molecular weight excluding hydrogens is 230 g/mol. The van der Waals surface area contributed by atoms with Gasteiger partial charge in [0.2, 0.25) is 0 Å². The SMILES string of the molecule is CC(C)CCCOC(=O)OC1CN2CCC1CC2. The molecule has 1 unspecified atom stereocenters. The van der Waals surface area contributed by atoms with Crippen molar-refractivity contribution in [1.82, 2.24) is 4.90 Å². The summed E-state index contributed by atoms with van der Waals surface area (Å²) in [6.45, 7) is 8.04. The highest BCUT2D eigenvalue weighted by molar-refractivity contribution is 5.60. The van der Waals surface area contributed by atoms with Gasteiger partial charge >= 0.3 is 6.16 Å². The van der Waals surface area contributed by atoms with Crippen LogP contribution in [-0.4, -0.2) is 43.4 Å². The van der Waals surface area contributed by atoms with Crippen LogP contribution in [0.1, 0.15) is 39.5 Å². The number of piperidine rings is 3. The number of rotatable bonds is 5. The van der Waals surface area contributed by atoms with Gasteiger partial charge in [0, 0.05) is 6.54 Å². The molecule has 0 aromatic carbocycles. The Labute approximate surface area is 110 Å². The molecule has 0 amide bonds. The summed E-state index contributed by atoms with van der Waals surface area (Å²) in [5.74, 6) is 1.21. The molecule has 0 aromatic rings. The van der Waals surface area contributed by atoms with Gasteiger partial charge in [-0.25, -0.2) is 4.79 Å². The minimum absolute atomic E-state index is 0.0603. The number of fused-ring (bicyclic) bond motifs is 3. The van der Waals surface area contributed by atoms with Gasteiger partial charge in [-0.05, 0) is 50.6 Å². The van der Waals surface area contributed by atoms with Crippen molar-refractivity contribution >= 4 is 6.16 Å². The third-order valence-corrected chi connectivity index (χ3v) is 3.99. The Morgan fingerprint density at radius 3 is 2.61 bits per heavy atom. The van der Waals surface area contributed by atoms with Gasteiger partial charge in [0.25, 0.3) is 0 Å². The zero-order valence-electron chi connectivity index (χ0n) is 11.6. The standard InChI is InChI=1S/C14H25NO3/c1-11(2)4-3-9-17-14(16)18-13-10-15-7-5-12(13)6-8-15/h11-13H,3-10H2,1-2H3. The number of nitrogens with zero attached hydrogens (tertiary/aromatic N) is 1. The summed E-state index contributed by atoms with van der Waals surface area (Å²) in [5.41, 5.74) is 0. The first kappa shape index (κ1) is 13.7. The molecule has 0 radical (unpaired) electrons. The van der Waals surface area contributed by atoms with Crippen molar-refractivity contribution in [3.63, 3.8) is 0 Å². The van der Waals surface area contributed by atoms with E-state index in [1.54, 1.807) is 0 Å². The lowest BCUT2D eigenvalue weighted by Gasteiger charge is -2.43. The molecule has 3 aliphatic heterocycles. The van der Waals surface area contributed by atoms with E-state index in [0.717, 1.165) is 45.3 Å². The average molecular weight is 255 g/mol. The van der Waals surface area contributed by atoms with Crippen LogP contribution in [0.15, 0.2) is 0 Å². The molecule has 2 bridgehead atoms. The summed E-state index contributed by atoms with van der Waals surface area (Å²) in [6, 6.07) is 0. The maximum Gasteiger partial charge on any atom is 0.508 e. The lowest BCUT2D eigenvalue weighted by Crippen LogP contribution is -2.51. The van der Waals surface area contributed by atoms with Crippen LogP contribution in [0.25, 0.3) is 0 Å². The quantitative estimate of drug-likeness (QED) is 0.559. The van der Waals surface area contributed by atoms with E-state index < -0.39 is 6.16 Å². The maximum atomic E-state index is 11.6. The van der Waals surface area contributed by atoms with E-state index in [-0.39, 0.29) is 6.10 Å². The summed E-state index contributed by atoms with van der Waals surface area (Å²) < 4.78 is 10.6. The Bertz CT molecular complexity index is 272. The monoisotopic (exact) mass is 255 g/mol. The number of ether oxygens (including phenoxy) is 2. The molecule has 3 fully saturated rings. The van der Waals surface area contributed by atoms with Gasteiger partial charge in [0.15, 0.2) is 0 Å². The molecule has 0 spiro atoms.